The maximum absolute atomic E-state index is 6.06. The molecule has 1 heteroatoms. The van der Waals surface area contributed by atoms with Gasteiger partial charge in [-0.05, 0) is 48.8 Å². The lowest BCUT2D eigenvalue weighted by Gasteiger charge is -2.22. The van der Waals surface area contributed by atoms with Crippen LogP contribution >= 0.6 is 0 Å². The van der Waals surface area contributed by atoms with Crippen LogP contribution in [0.2, 0.25) is 0 Å². The minimum absolute atomic E-state index is 0.234. The molecule has 0 radical (unpaired) electrons. The fourth-order valence-electron chi connectivity index (χ4n) is 2.14. The highest BCUT2D eigenvalue weighted by Crippen LogP contribution is 2.34. The highest BCUT2D eigenvalue weighted by Gasteiger charge is 2.16. The zero-order valence-corrected chi connectivity index (χ0v) is 13.0. The van der Waals surface area contributed by atoms with E-state index in [0.29, 0.717) is 11.8 Å². The van der Waals surface area contributed by atoms with Crippen molar-refractivity contribution in [3.8, 4) is 5.75 Å². The molecular formula is C17H28O. The molecular weight excluding hydrogens is 220 g/mol. The fourth-order valence-corrected chi connectivity index (χ4v) is 2.14. The second-order valence-corrected chi connectivity index (χ2v) is 5.93. The zero-order chi connectivity index (χ0) is 13.9. The van der Waals surface area contributed by atoms with Crippen molar-refractivity contribution in [2.24, 2.45) is 0 Å². The molecule has 0 unspecified atom stereocenters. The molecule has 0 amide bonds. The van der Waals surface area contributed by atoms with Crippen molar-refractivity contribution in [1.29, 1.82) is 0 Å². The van der Waals surface area contributed by atoms with E-state index in [1.54, 1.807) is 0 Å². The summed E-state index contributed by atoms with van der Waals surface area (Å²) in [6.07, 6.45) is 1.26. The van der Waals surface area contributed by atoms with Crippen LogP contribution in [0.15, 0.2) is 12.1 Å². The van der Waals surface area contributed by atoms with E-state index in [-0.39, 0.29) is 6.10 Å². The number of aryl methyl sites for hydroxylation is 1. The smallest absolute Gasteiger partial charge is 0.126 e. The Hall–Kier alpha value is -0.980. The Balaban J connectivity index is 3.36. The van der Waals surface area contributed by atoms with Crippen LogP contribution in [-0.4, -0.2) is 6.10 Å². The van der Waals surface area contributed by atoms with Gasteiger partial charge in [-0.3, -0.25) is 0 Å². The van der Waals surface area contributed by atoms with Gasteiger partial charge in [0, 0.05) is 0 Å². The number of hydrogen-bond acceptors (Lipinski definition) is 1. The summed E-state index contributed by atoms with van der Waals surface area (Å²) in [4.78, 5) is 0. The highest BCUT2D eigenvalue weighted by molar-refractivity contribution is 5.47. The van der Waals surface area contributed by atoms with Crippen molar-refractivity contribution in [3.63, 3.8) is 0 Å². The summed E-state index contributed by atoms with van der Waals surface area (Å²) in [6, 6.07) is 4.64. The summed E-state index contributed by atoms with van der Waals surface area (Å²) in [5.41, 5.74) is 4.12. The van der Waals surface area contributed by atoms with Gasteiger partial charge >= 0.3 is 0 Å². The maximum Gasteiger partial charge on any atom is 0.126 e. The standard InChI is InChI=1S/C17H28O/c1-8-14-9-15(11(2)3)10-16(12(4)5)17(14)18-13(6)7/h9-13H,8H2,1-7H3. The molecule has 0 aromatic heterocycles. The fraction of sp³-hybridized carbons (Fsp3) is 0.647. The lowest BCUT2D eigenvalue weighted by atomic mass is 9.91. The van der Waals surface area contributed by atoms with Gasteiger partial charge in [0.2, 0.25) is 0 Å². The molecule has 1 rings (SSSR count). The van der Waals surface area contributed by atoms with E-state index in [2.05, 4.69) is 60.6 Å². The zero-order valence-electron chi connectivity index (χ0n) is 13.0. The summed E-state index contributed by atoms with van der Waals surface area (Å²) in [5.74, 6) is 2.19. The van der Waals surface area contributed by atoms with Crippen molar-refractivity contribution in [3.05, 3.63) is 28.8 Å². The summed E-state index contributed by atoms with van der Waals surface area (Å²) >= 11 is 0. The predicted octanol–water partition coefficient (Wildman–Crippen LogP) is 5.28. The largest absolute Gasteiger partial charge is 0.490 e. The molecule has 102 valence electrons. The van der Waals surface area contributed by atoms with Crippen LogP contribution in [0.25, 0.3) is 0 Å². The van der Waals surface area contributed by atoms with E-state index in [1.165, 1.54) is 16.7 Å². The van der Waals surface area contributed by atoms with E-state index in [9.17, 15) is 0 Å². The van der Waals surface area contributed by atoms with Gasteiger partial charge in [-0.15, -0.1) is 0 Å². The van der Waals surface area contributed by atoms with Crippen molar-refractivity contribution in [1.82, 2.24) is 0 Å². The van der Waals surface area contributed by atoms with Crippen LogP contribution < -0.4 is 4.74 Å². The Morgan fingerprint density at radius 3 is 1.94 bits per heavy atom. The van der Waals surface area contributed by atoms with E-state index < -0.39 is 0 Å². The van der Waals surface area contributed by atoms with Crippen LogP contribution in [0, 0.1) is 0 Å². The number of benzene rings is 1. The van der Waals surface area contributed by atoms with E-state index in [0.717, 1.165) is 12.2 Å². The molecule has 0 aliphatic heterocycles. The topological polar surface area (TPSA) is 9.23 Å². The molecule has 0 heterocycles. The Bertz CT molecular complexity index is 389. The monoisotopic (exact) mass is 248 g/mol. The average molecular weight is 248 g/mol. The molecule has 0 bridgehead atoms. The van der Waals surface area contributed by atoms with E-state index in [1.807, 2.05) is 0 Å². The molecule has 0 saturated heterocycles. The predicted molar refractivity (Wildman–Crippen MR) is 79.8 cm³/mol. The van der Waals surface area contributed by atoms with Crippen LogP contribution in [0.5, 0.6) is 5.75 Å². The van der Waals surface area contributed by atoms with Crippen LogP contribution in [0.3, 0.4) is 0 Å². The second kappa shape index (κ2) is 6.26. The number of rotatable bonds is 5. The van der Waals surface area contributed by atoms with Gasteiger partial charge < -0.3 is 4.74 Å². The average Bonchev–Trinajstić information content (AvgIpc) is 2.27. The first-order valence-electron chi connectivity index (χ1n) is 7.20. The molecule has 0 aliphatic carbocycles. The molecule has 0 atom stereocenters. The van der Waals surface area contributed by atoms with Gasteiger partial charge in [0.25, 0.3) is 0 Å². The Morgan fingerprint density at radius 1 is 0.944 bits per heavy atom. The van der Waals surface area contributed by atoms with Gasteiger partial charge in [-0.1, -0.05) is 46.8 Å². The van der Waals surface area contributed by atoms with Crippen LogP contribution in [0.1, 0.15) is 77.0 Å². The van der Waals surface area contributed by atoms with E-state index >= 15 is 0 Å². The quantitative estimate of drug-likeness (QED) is 0.688. The molecule has 0 spiro atoms. The summed E-state index contributed by atoms with van der Waals surface area (Å²) in [6.45, 7) is 15.4. The van der Waals surface area contributed by atoms with Crippen molar-refractivity contribution >= 4 is 0 Å². The lowest BCUT2D eigenvalue weighted by molar-refractivity contribution is 0.237. The number of ether oxygens (including phenoxy) is 1. The Kier molecular flexibility index (Phi) is 5.25. The third kappa shape index (κ3) is 3.51. The molecule has 0 saturated carbocycles. The van der Waals surface area contributed by atoms with Gasteiger partial charge in [-0.2, -0.15) is 0 Å². The molecule has 0 N–H and O–H groups in total. The first-order chi connectivity index (χ1) is 8.36. The Morgan fingerprint density at radius 2 is 1.56 bits per heavy atom. The molecule has 18 heavy (non-hydrogen) atoms. The van der Waals surface area contributed by atoms with E-state index in [4.69, 9.17) is 4.74 Å². The first kappa shape index (κ1) is 15.1. The minimum atomic E-state index is 0.234. The first-order valence-corrected chi connectivity index (χ1v) is 7.20. The summed E-state index contributed by atoms with van der Waals surface area (Å²) in [7, 11) is 0. The molecule has 1 nitrogen and oxygen atoms in total. The highest BCUT2D eigenvalue weighted by atomic mass is 16.5. The summed E-state index contributed by atoms with van der Waals surface area (Å²) < 4.78 is 6.06. The van der Waals surface area contributed by atoms with Crippen molar-refractivity contribution in [2.75, 3.05) is 0 Å². The van der Waals surface area contributed by atoms with Gasteiger partial charge in [0.1, 0.15) is 5.75 Å². The molecule has 1 aromatic carbocycles. The molecule has 0 fully saturated rings. The third-order valence-corrected chi connectivity index (χ3v) is 3.24. The SMILES string of the molecule is CCc1cc(C(C)C)cc(C(C)C)c1OC(C)C. The van der Waals surface area contributed by atoms with Crippen LogP contribution in [0.4, 0.5) is 0 Å². The third-order valence-electron chi connectivity index (χ3n) is 3.24. The lowest BCUT2D eigenvalue weighted by Crippen LogP contribution is -2.11. The summed E-state index contributed by atoms with van der Waals surface area (Å²) in [5, 5.41) is 0. The van der Waals surface area contributed by atoms with Crippen molar-refractivity contribution < 1.29 is 4.74 Å². The molecule has 1 aromatic rings. The molecule has 0 aliphatic rings. The van der Waals surface area contributed by atoms with Gasteiger partial charge in [0.05, 0.1) is 6.10 Å². The number of hydrogen-bond donors (Lipinski definition) is 0. The maximum atomic E-state index is 6.06. The van der Waals surface area contributed by atoms with Gasteiger partial charge in [0.15, 0.2) is 0 Å². The normalized spacial score (nSPS) is 11.7. The van der Waals surface area contributed by atoms with Crippen molar-refractivity contribution in [2.45, 2.75) is 72.8 Å². The van der Waals surface area contributed by atoms with Crippen LogP contribution in [-0.2, 0) is 6.42 Å². The Labute approximate surface area is 113 Å². The minimum Gasteiger partial charge on any atom is -0.490 e. The van der Waals surface area contributed by atoms with Gasteiger partial charge in [-0.25, -0.2) is 0 Å². The second-order valence-electron chi connectivity index (χ2n) is 5.93.